The zero-order chi connectivity index (χ0) is 21.2. The molecule has 2 atom stereocenters. The van der Waals surface area contributed by atoms with Crippen LogP contribution in [-0.2, 0) is 21.3 Å². The number of rotatable bonds is 5. The number of sulfonamides is 1. The molecular weight excluding hydrogens is 463 g/mol. The molecule has 0 aliphatic carbocycles. The number of hydrogen-bond donors (Lipinski definition) is 1. The molecule has 0 saturated carbocycles. The van der Waals surface area contributed by atoms with Gasteiger partial charge in [-0.15, -0.1) is 0 Å². The van der Waals surface area contributed by atoms with Crippen LogP contribution in [0.15, 0.2) is 51.8 Å². The number of ether oxygens (including phenoxy) is 1. The fraction of sp³-hybridized carbons (Fsp3) is 0.350. The van der Waals surface area contributed by atoms with Crippen LogP contribution in [0.4, 0.5) is 4.39 Å². The van der Waals surface area contributed by atoms with Crippen LogP contribution in [0.1, 0.15) is 29.8 Å². The summed E-state index contributed by atoms with van der Waals surface area (Å²) in [5.74, 6) is -0.846. The standard InChI is InChI=1S/C20H22BrFN2O4S/c1-13-11-24(12-14(2)28-13)29(26,27)18-5-3-4-15(9-18)20(25)23-10-16-8-17(22)6-7-19(16)21/h3-9,13-14H,10-12H2,1-2H3,(H,23,25). The molecule has 1 N–H and O–H groups in total. The second-order valence-corrected chi connectivity index (χ2v) is 9.82. The summed E-state index contributed by atoms with van der Waals surface area (Å²) in [5, 5.41) is 2.69. The van der Waals surface area contributed by atoms with Crippen molar-refractivity contribution < 1.29 is 22.3 Å². The van der Waals surface area contributed by atoms with Crippen molar-refractivity contribution in [2.75, 3.05) is 13.1 Å². The molecule has 0 bridgehead atoms. The second-order valence-electron chi connectivity index (χ2n) is 7.03. The molecule has 1 heterocycles. The van der Waals surface area contributed by atoms with E-state index in [1.807, 2.05) is 13.8 Å². The predicted octanol–water partition coefficient (Wildman–Crippen LogP) is 3.32. The summed E-state index contributed by atoms with van der Waals surface area (Å²) in [6, 6.07) is 10.1. The van der Waals surface area contributed by atoms with E-state index >= 15 is 0 Å². The molecule has 1 amide bonds. The molecule has 9 heteroatoms. The van der Waals surface area contributed by atoms with Crippen LogP contribution in [-0.4, -0.2) is 43.9 Å². The number of morpholine rings is 1. The topological polar surface area (TPSA) is 75.7 Å². The lowest BCUT2D eigenvalue weighted by molar-refractivity contribution is -0.0440. The Morgan fingerprint density at radius 2 is 1.90 bits per heavy atom. The highest BCUT2D eigenvalue weighted by Gasteiger charge is 2.32. The van der Waals surface area contributed by atoms with E-state index in [1.54, 1.807) is 12.1 Å². The molecule has 2 aromatic carbocycles. The minimum Gasteiger partial charge on any atom is -0.373 e. The number of nitrogens with zero attached hydrogens (tertiary/aromatic N) is 1. The first-order chi connectivity index (χ1) is 13.7. The molecule has 1 saturated heterocycles. The summed E-state index contributed by atoms with van der Waals surface area (Å²) in [5.41, 5.74) is 0.798. The van der Waals surface area contributed by atoms with E-state index in [1.165, 1.54) is 34.6 Å². The fourth-order valence-corrected chi connectivity index (χ4v) is 5.25. The highest BCUT2D eigenvalue weighted by molar-refractivity contribution is 9.10. The van der Waals surface area contributed by atoms with Crippen molar-refractivity contribution in [3.63, 3.8) is 0 Å². The van der Waals surface area contributed by atoms with Gasteiger partial charge in [-0.3, -0.25) is 4.79 Å². The maximum Gasteiger partial charge on any atom is 0.251 e. The summed E-state index contributed by atoms with van der Waals surface area (Å²) in [6.45, 7) is 4.28. The average Bonchev–Trinajstić information content (AvgIpc) is 2.67. The first kappa shape index (κ1) is 21.9. The van der Waals surface area contributed by atoms with E-state index in [2.05, 4.69) is 21.2 Å². The minimum atomic E-state index is -3.75. The quantitative estimate of drug-likeness (QED) is 0.706. The van der Waals surface area contributed by atoms with Crippen LogP contribution < -0.4 is 5.32 Å². The van der Waals surface area contributed by atoms with Crippen LogP contribution in [0.2, 0.25) is 0 Å². The van der Waals surface area contributed by atoms with Gasteiger partial charge in [-0.1, -0.05) is 22.0 Å². The van der Waals surface area contributed by atoms with Gasteiger partial charge in [-0.2, -0.15) is 4.31 Å². The van der Waals surface area contributed by atoms with E-state index in [0.29, 0.717) is 10.0 Å². The van der Waals surface area contributed by atoms with Crippen molar-refractivity contribution >= 4 is 31.9 Å². The highest BCUT2D eigenvalue weighted by atomic mass is 79.9. The SMILES string of the molecule is CC1CN(S(=O)(=O)c2cccc(C(=O)NCc3cc(F)ccc3Br)c2)CC(C)O1. The lowest BCUT2D eigenvalue weighted by Gasteiger charge is -2.34. The van der Waals surface area contributed by atoms with Crippen LogP contribution in [0.5, 0.6) is 0 Å². The largest absolute Gasteiger partial charge is 0.373 e. The van der Waals surface area contributed by atoms with Gasteiger partial charge in [-0.25, -0.2) is 12.8 Å². The van der Waals surface area contributed by atoms with Gasteiger partial charge >= 0.3 is 0 Å². The lowest BCUT2D eigenvalue weighted by Crippen LogP contribution is -2.48. The summed E-state index contributed by atoms with van der Waals surface area (Å²) in [7, 11) is -3.75. The average molecular weight is 485 g/mol. The third kappa shape index (κ3) is 5.22. The Balaban J connectivity index is 1.76. The molecule has 0 aromatic heterocycles. The molecule has 2 unspecified atom stereocenters. The summed E-state index contributed by atoms with van der Waals surface area (Å²) in [6.07, 6.45) is -0.408. The molecule has 1 aliphatic rings. The van der Waals surface area contributed by atoms with Crippen LogP contribution >= 0.6 is 15.9 Å². The van der Waals surface area contributed by atoms with Gasteiger partial charge in [0.2, 0.25) is 10.0 Å². The molecule has 156 valence electrons. The zero-order valence-electron chi connectivity index (χ0n) is 16.1. The smallest absolute Gasteiger partial charge is 0.251 e. The Hall–Kier alpha value is -1.81. The van der Waals surface area contributed by atoms with E-state index in [4.69, 9.17) is 4.74 Å². The maximum absolute atomic E-state index is 13.4. The zero-order valence-corrected chi connectivity index (χ0v) is 18.5. The molecule has 1 aliphatic heterocycles. The van der Waals surface area contributed by atoms with Gasteiger partial charge in [0.25, 0.3) is 5.91 Å². The van der Waals surface area contributed by atoms with Crippen molar-refractivity contribution in [1.82, 2.24) is 9.62 Å². The van der Waals surface area contributed by atoms with Crippen LogP contribution in [0.3, 0.4) is 0 Å². The number of hydrogen-bond acceptors (Lipinski definition) is 4. The molecular formula is C20H22BrFN2O4S. The Morgan fingerprint density at radius 3 is 2.59 bits per heavy atom. The van der Waals surface area contributed by atoms with Gasteiger partial charge in [0.05, 0.1) is 17.1 Å². The number of amides is 1. The van der Waals surface area contributed by atoms with E-state index in [9.17, 15) is 17.6 Å². The van der Waals surface area contributed by atoms with Crippen LogP contribution in [0, 0.1) is 5.82 Å². The molecule has 0 radical (unpaired) electrons. The Bertz CT molecular complexity index is 1010. The molecule has 6 nitrogen and oxygen atoms in total. The van der Waals surface area contributed by atoms with Gasteiger partial charge in [0, 0.05) is 29.7 Å². The minimum absolute atomic E-state index is 0.0541. The number of nitrogens with one attached hydrogen (secondary N) is 1. The fourth-order valence-electron chi connectivity index (χ4n) is 3.23. The third-order valence-corrected chi connectivity index (χ3v) is 7.17. The number of benzene rings is 2. The third-order valence-electron chi connectivity index (χ3n) is 4.57. The van der Waals surface area contributed by atoms with Gasteiger partial charge in [0.15, 0.2) is 0 Å². The monoisotopic (exact) mass is 484 g/mol. The number of halogens is 2. The number of carbonyl (C=O) groups is 1. The summed E-state index contributed by atoms with van der Waals surface area (Å²) < 4.78 is 47.1. The van der Waals surface area contributed by atoms with E-state index in [-0.39, 0.29) is 42.3 Å². The van der Waals surface area contributed by atoms with Crippen molar-refractivity contribution in [3.8, 4) is 0 Å². The van der Waals surface area contributed by atoms with E-state index in [0.717, 1.165) is 0 Å². The van der Waals surface area contributed by atoms with Crippen molar-refractivity contribution in [3.05, 3.63) is 63.9 Å². The maximum atomic E-state index is 13.4. The highest BCUT2D eigenvalue weighted by Crippen LogP contribution is 2.22. The van der Waals surface area contributed by atoms with Crippen molar-refractivity contribution in [2.24, 2.45) is 0 Å². The predicted molar refractivity (Wildman–Crippen MR) is 110 cm³/mol. The number of carbonyl (C=O) groups excluding carboxylic acids is 1. The second kappa shape index (κ2) is 8.91. The van der Waals surface area contributed by atoms with Gasteiger partial charge in [0.1, 0.15) is 5.82 Å². The summed E-state index contributed by atoms with van der Waals surface area (Å²) in [4.78, 5) is 12.6. The molecule has 1 fully saturated rings. The lowest BCUT2D eigenvalue weighted by atomic mass is 10.2. The van der Waals surface area contributed by atoms with Crippen molar-refractivity contribution in [1.29, 1.82) is 0 Å². The van der Waals surface area contributed by atoms with E-state index < -0.39 is 21.7 Å². The summed E-state index contributed by atoms with van der Waals surface area (Å²) >= 11 is 3.32. The molecule has 3 rings (SSSR count). The van der Waals surface area contributed by atoms with Crippen LogP contribution in [0.25, 0.3) is 0 Å². The first-order valence-corrected chi connectivity index (χ1v) is 11.4. The Labute approximate surface area is 178 Å². The van der Waals surface area contributed by atoms with Gasteiger partial charge in [-0.05, 0) is 55.8 Å². The molecule has 29 heavy (non-hydrogen) atoms. The normalized spacial score (nSPS) is 20.4. The van der Waals surface area contributed by atoms with Gasteiger partial charge < -0.3 is 10.1 Å². The molecule has 2 aromatic rings. The Morgan fingerprint density at radius 1 is 1.21 bits per heavy atom. The first-order valence-electron chi connectivity index (χ1n) is 9.14. The molecule has 0 spiro atoms. The van der Waals surface area contributed by atoms with Crippen molar-refractivity contribution in [2.45, 2.75) is 37.5 Å². The Kier molecular flexibility index (Phi) is 6.72.